The summed E-state index contributed by atoms with van der Waals surface area (Å²) in [4.78, 5) is 4.31. The van der Waals surface area contributed by atoms with Crippen LogP contribution in [0.3, 0.4) is 0 Å². The van der Waals surface area contributed by atoms with Crippen molar-refractivity contribution >= 4 is 0 Å². The maximum atomic E-state index is 4.31. The van der Waals surface area contributed by atoms with E-state index in [0.29, 0.717) is 0 Å². The molecule has 1 N–H and O–H groups in total. The van der Waals surface area contributed by atoms with Gasteiger partial charge in [0.2, 0.25) is 0 Å². The van der Waals surface area contributed by atoms with Crippen LogP contribution >= 0.6 is 0 Å². The molecule has 76 valence electrons. The van der Waals surface area contributed by atoms with Crippen LogP contribution < -0.4 is 5.32 Å². The number of aromatic nitrogens is 1. The molecular weight excluding hydrogens is 172 g/mol. The van der Waals surface area contributed by atoms with E-state index in [0.717, 1.165) is 24.4 Å². The van der Waals surface area contributed by atoms with Gasteiger partial charge in [0, 0.05) is 25.0 Å². The summed E-state index contributed by atoms with van der Waals surface area (Å²) >= 11 is 0. The molecule has 0 amide bonds. The van der Waals surface area contributed by atoms with Crippen molar-refractivity contribution in [2.24, 2.45) is 0 Å². The van der Waals surface area contributed by atoms with E-state index in [1.54, 1.807) is 0 Å². The van der Waals surface area contributed by atoms with E-state index in [-0.39, 0.29) is 0 Å². The minimum Gasteiger partial charge on any atom is -0.309 e. The fourth-order valence-corrected chi connectivity index (χ4v) is 1.29. The van der Waals surface area contributed by atoms with Gasteiger partial charge in [-0.05, 0) is 31.9 Å². The van der Waals surface area contributed by atoms with E-state index in [1.807, 2.05) is 20.0 Å². The Morgan fingerprint density at radius 2 is 2.21 bits per heavy atom. The highest BCUT2D eigenvalue weighted by Crippen LogP contribution is 2.06. The van der Waals surface area contributed by atoms with Gasteiger partial charge in [0.15, 0.2) is 0 Å². The summed E-state index contributed by atoms with van der Waals surface area (Å²) in [5, 5.41) is 3.33. The number of hydrogen-bond donors (Lipinski definition) is 1. The first-order chi connectivity index (χ1) is 6.59. The minimum atomic E-state index is 0.868. The second kappa shape index (κ2) is 4.91. The lowest BCUT2D eigenvalue weighted by Gasteiger charge is -2.07. The van der Waals surface area contributed by atoms with E-state index in [9.17, 15) is 0 Å². The molecule has 0 aliphatic carbocycles. The molecule has 0 unspecified atom stereocenters. The predicted octanol–water partition coefficient (Wildman–Crippen LogP) is 2.36. The third-order valence-corrected chi connectivity index (χ3v) is 2.07. The first kappa shape index (κ1) is 10.9. The van der Waals surface area contributed by atoms with Crippen molar-refractivity contribution < 1.29 is 0 Å². The summed E-state index contributed by atoms with van der Waals surface area (Å²) in [5.74, 6) is 0. The molecule has 1 aromatic rings. The highest BCUT2D eigenvalue weighted by atomic mass is 14.9. The molecule has 0 aliphatic heterocycles. The van der Waals surface area contributed by atoms with Crippen molar-refractivity contribution in [3.63, 3.8) is 0 Å². The molecular formula is C12H18N2. The number of nitrogens with one attached hydrogen (secondary N) is 1. The van der Waals surface area contributed by atoms with Gasteiger partial charge in [0.25, 0.3) is 0 Å². The van der Waals surface area contributed by atoms with Crippen molar-refractivity contribution in [2.45, 2.75) is 27.3 Å². The lowest BCUT2D eigenvalue weighted by Crippen LogP contribution is -2.16. The lowest BCUT2D eigenvalue weighted by atomic mass is 10.1. The molecule has 1 rings (SSSR count). The Bertz CT molecular complexity index is 329. The van der Waals surface area contributed by atoms with Crippen LogP contribution in [0, 0.1) is 13.8 Å². The first-order valence-corrected chi connectivity index (χ1v) is 4.87. The van der Waals surface area contributed by atoms with Gasteiger partial charge < -0.3 is 5.32 Å². The van der Waals surface area contributed by atoms with Crippen LogP contribution in [-0.2, 0) is 6.54 Å². The molecule has 2 heteroatoms. The van der Waals surface area contributed by atoms with E-state index in [2.05, 4.69) is 29.9 Å². The molecule has 14 heavy (non-hydrogen) atoms. The van der Waals surface area contributed by atoms with Crippen LogP contribution in [0.4, 0.5) is 0 Å². The summed E-state index contributed by atoms with van der Waals surface area (Å²) < 4.78 is 0. The number of nitrogens with zero attached hydrogens (tertiary/aromatic N) is 1. The highest BCUT2D eigenvalue weighted by molar-refractivity contribution is 5.23. The van der Waals surface area contributed by atoms with Gasteiger partial charge in [-0.15, -0.1) is 0 Å². The number of aryl methyl sites for hydroxylation is 2. The minimum absolute atomic E-state index is 0.868. The van der Waals surface area contributed by atoms with Gasteiger partial charge in [-0.3, -0.25) is 4.98 Å². The zero-order valence-corrected chi connectivity index (χ0v) is 9.22. The molecule has 0 fully saturated rings. The molecule has 1 heterocycles. The van der Waals surface area contributed by atoms with Crippen LogP contribution in [0.5, 0.6) is 0 Å². The van der Waals surface area contributed by atoms with Gasteiger partial charge in [-0.1, -0.05) is 18.2 Å². The Morgan fingerprint density at radius 3 is 2.86 bits per heavy atom. The predicted molar refractivity (Wildman–Crippen MR) is 60.2 cm³/mol. The van der Waals surface area contributed by atoms with Crippen molar-refractivity contribution in [3.05, 3.63) is 41.2 Å². The fourth-order valence-electron chi connectivity index (χ4n) is 1.29. The van der Waals surface area contributed by atoms with Crippen molar-refractivity contribution in [1.29, 1.82) is 0 Å². The second-order valence-electron chi connectivity index (χ2n) is 3.82. The molecule has 0 bridgehead atoms. The number of rotatable bonds is 4. The average molecular weight is 190 g/mol. The van der Waals surface area contributed by atoms with Crippen LogP contribution in [0.2, 0.25) is 0 Å². The summed E-state index contributed by atoms with van der Waals surface area (Å²) in [7, 11) is 0. The number of hydrogen-bond acceptors (Lipinski definition) is 2. The largest absolute Gasteiger partial charge is 0.309 e. The molecule has 0 aliphatic rings. The van der Waals surface area contributed by atoms with Crippen LogP contribution in [0.15, 0.2) is 24.4 Å². The van der Waals surface area contributed by atoms with Gasteiger partial charge in [0.1, 0.15) is 0 Å². The monoisotopic (exact) mass is 190 g/mol. The van der Waals surface area contributed by atoms with Crippen LogP contribution in [-0.4, -0.2) is 11.5 Å². The van der Waals surface area contributed by atoms with Gasteiger partial charge in [-0.25, -0.2) is 0 Å². The fraction of sp³-hybridized carbons (Fsp3) is 0.417. The second-order valence-corrected chi connectivity index (χ2v) is 3.82. The quantitative estimate of drug-likeness (QED) is 0.737. The normalized spacial score (nSPS) is 10.2. The van der Waals surface area contributed by atoms with Crippen LogP contribution in [0.25, 0.3) is 0 Å². The van der Waals surface area contributed by atoms with Crippen molar-refractivity contribution in [1.82, 2.24) is 10.3 Å². The molecule has 0 aromatic carbocycles. The maximum Gasteiger partial charge on any atom is 0.0417 e. The van der Waals surface area contributed by atoms with Crippen LogP contribution in [0.1, 0.15) is 23.7 Å². The Morgan fingerprint density at radius 1 is 1.50 bits per heavy atom. The molecule has 1 aromatic heterocycles. The van der Waals surface area contributed by atoms with Gasteiger partial charge in [-0.2, -0.15) is 0 Å². The third kappa shape index (κ3) is 3.30. The Balaban J connectivity index is 2.57. The van der Waals surface area contributed by atoms with E-state index < -0.39 is 0 Å². The summed E-state index contributed by atoms with van der Waals surface area (Å²) in [6.07, 6.45) is 1.90. The molecule has 0 saturated carbocycles. The molecule has 0 radical (unpaired) electrons. The zero-order chi connectivity index (χ0) is 10.6. The first-order valence-electron chi connectivity index (χ1n) is 4.87. The Labute approximate surface area is 86.1 Å². The average Bonchev–Trinajstić information content (AvgIpc) is 2.10. The smallest absolute Gasteiger partial charge is 0.0417 e. The molecule has 0 spiro atoms. The zero-order valence-electron chi connectivity index (χ0n) is 9.22. The van der Waals surface area contributed by atoms with Crippen molar-refractivity contribution in [3.8, 4) is 0 Å². The lowest BCUT2D eigenvalue weighted by molar-refractivity contribution is 0.732. The third-order valence-electron chi connectivity index (χ3n) is 2.07. The Kier molecular flexibility index (Phi) is 3.84. The molecule has 2 nitrogen and oxygen atoms in total. The van der Waals surface area contributed by atoms with E-state index in [4.69, 9.17) is 0 Å². The summed E-state index contributed by atoms with van der Waals surface area (Å²) in [5.41, 5.74) is 4.74. The van der Waals surface area contributed by atoms with E-state index >= 15 is 0 Å². The highest BCUT2D eigenvalue weighted by Gasteiger charge is 1.99. The molecule has 0 atom stereocenters. The van der Waals surface area contributed by atoms with Gasteiger partial charge >= 0.3 is 0 Å². The Hall–Kier alpha value is -1.15. The SMILES string of the molecule is C=C(C)CNCc1cc(C)cnc1C. The topological polar surface area (TPSA) is 24.9 Å². The standard InChI is InChI=1S/C12H18N2/c1-9(2)6-13-8-12-5-10(3)7-14-11(12)4/h5,7,13H,1,6,8H2,2-4H3. The van der Waals surface area contributed by atoms with E-state index in [1.165, 1.54) is 11.1 Å². The summed E-state index contributed by atoms with van der Waals surface area (Å²) in [6, 6.07) is 2.17. The summed E-state index contributed by atoms with van der Waals surface area (Å²) in [6.45, 7) is 11.7. The molecule has 0 saturated heterocycles. The maximum absolute atomic E-state index is 4.31. The van der Waals surface area contributed by atoms with Gasteiger partial charge in [0.05, 0.1) is 0 Å². The van der Waals surface area contributed by atoms with Crippen molar-refractivity contribution in [2.75, 3.05) is 6.54 Å². The number of pyridine rings is 1.